The van der Waals surface area contributed by atoms with Gasteiger partial charge in [0.25, 0.3) is 0 Å². The van der Waals surface area contributed by atoms with E-state index in [1.807, 2.05) is 0 Å². The van der Waals surface area contributed by atoms with Crippen LogP contribution in [0.3, 0.4) is 0 Å². The molecule has 2 rings (SSSR count). The average molecular weight is 230 g/mol. The fourth-order valence-electron chi connectivity index (χ4n) is 2.18. The summed E-state index contributed by atoms with van der Waals surface area (Å²) in [6.45, 7) is 1.63. The zero-order chi connectivity index (χ0) is 11.9. The van der Waals surface area contributed by atoms with Crippen molar-refractivity contribution in [2.75, 3.05) is 0 Å². The van der Waals surface area contributed by atoms with E-state index in [-0.39, 0.29) is 11.8 Å². The monoisotopic (exact) mass is 230 g/mol. The van der Waals surface area contributed by atoms with Gasteiger partial charge in [0, 0.05) is 0 Å². The molecule has 0 saturated heterocycles. The van der Waals surface area contributed by atoms with Gasteiger partial charge in [0.1, 0.15) is 0 Å². The van der Waals surface area contributed by atoms with Crippen molar-refractivity contribution in [3.05, 3.63) is 35.4 Å². The van der Waals surface area contributed by atoms with Crippen LogP contribution in [-0.2, 0) is 6.18 Å². The van der Waals surface area contributed by atoms with Crippen molar-refractivity contribution in [3.63, 3.8) is 0 Å². The Bertz CT molecular complexity index is 384. The third-order valence-corrected chi connectivity index (χ3v) is 3.13. The standard InChI is InChI=1S/C12H13F3O/c1-7(16)9-6-10(9)8-4-2-3-5-11(8)12(13,14)15/h2-5,7,9-10,16H,6H2,1H3/t7-,9-,10-/m0/s1. The second-order valence-electron chi connectivity index (χ2n) is 4.33. The van der Waals surface area contributed by atoms with Gasteiger partial charge in [0.15, 0.2) is 0 Å². The number of aliphatic hydroxyl groups excluding tert-OH is 1. The number of hydrogen-bond donors (Lipinski definition) is 1. The molecule has 1 fully saturated rings. The molecule has 0 amide bonds. The van der Waals surface area contributed by atoms with Crippen LogP contribution in [0.5, 0.6) is 0 Å². The molecule has 88 valence electrons. The molecule has 1 saturated carbocycles. The molecule has 0 aliphatic heterocycles. The van der Waals surface area contributed by atoms with Crippen LogP contribution in [0.4, 0.5) is 13.2 Å². The summed E-state index contributed by atoms with van der Waals surface area (Å²) in [4.78, 5) is 0. The minimum atomic E-state index is -4.30. The van der Waals surface area contributed by atoms with Gasteiger partial charge in [0.05, 0.1) is 11.7 Å². The van der Waals surface area contributed by atoms with Crippen molar-refractivity contribution in [3.8, 4) is 0 Å². The average Bonchev–Trinajstić information content (AvgIpc) is 2.95. The third kappa shape index (κ3) is 2.07. The first-order chi connectivity index (χ1) is 7.41. The van der Waals surface area contributed by atoms with Crippen LogP contribution in [-0.4, -0.2) is 11.2 Å². The summed E-state index contributed by atoms with van der Waals surface area (Å²) in [6.07, 6.45) is -4.20. The summed E-state index contributed by atoms with van der Waals surface area (Å²) in [6, 6.07) is 5.62. The first kappa shape index (κ1) is 11.5. The summed E-state index contributed by atoms with van der Waals surface area (Å²) in [5.41, 5.74) is -0.246. The quantitative estimate of drug-likeness (QED) is 0.827. The van der Waals surface area contributed by atoms with Crippen molar-refractivity contribution in [1.29, 1.82) is 0 Å². The first-order valence-electron chi connectivity index (χ1n) is 5.25. The van der Waals surface area contributed by atoms with Crippen LogP contribution in [0.25, 0.3) is 0 Å². The highest BCUT2D eigenvalue weighted by Gasteiger charge is 2.45. The normalized spacial score (nSPS) is 26.6. The van der Waals surface area contributed by atoms with Crippen molar-refractivity contribution < 1.29 is 18.3 Å². The van der Waals surface area contributed by atoms with E-state index < -0.39 is 17.8 Å². The highest BCUT2D eigenvalue weighted by Crippen LogP contribution is 2.52. The fraction of sp³-hybridized carbons (Fsp3) is 0.500. The van der Waals surface area contributed by atoms with Crippen LogP contribution in [0, 0.1) is 5.92 Å². The first-order valence-corrected chi connectivity index (χ1v) is 5.25. The number of halogens is 3. The number of alkyl halides is 3. The summed E-state index contributed by atoms with van der Waals surface area (Å²) in [7, 11) is 0. The van der Waals surface area contributed by atoms with Gasteiger partial charge in [-0.1, -0.05) is 18.2 Å². The van der Waals surface area contributed by atoms with Gasteiger partial charge in [-0.3, -0.25) is 0 Å². The molecule has 0 radical (unpaired) electrons. The Morgan fingerprint density at radius 2 is 1.94 bits per heavy atom. The van der Waals surface area contributed by atoms with Gasteiger partial charge in [0.2, 0.25) is 0 Å². The topological polar surface area (TPSA) is 20.2 Å². The van der Waals surface area contributed by atoms with Crippen molar-refractivity contribution >= 4 is 0 Å². The van der Waals surface area contributed by atoms with Crippen LogP contribution in [0.15, 0.2) is 24.3 Å². The zero-order valence-corrected chi connectivity index (χ0v) is 8.83. The molecule has 1 aliphatic carbocycles. The van der Waals surface area contributed by atoms with E-state index in [9.17, 15) is 18.3 Å². The summed E-state index contributed by atoms with van der Waals surface area (Å²) in [5.74, 6) is -0.165. The highest BCUT2D eigenvalue weighted by atomic mass is 19.4. The Hall–Kier alpha value is -1.03. The maximum absolute atomic E-state index is 12.7. The molecule has 0 aromatic heterocycles. The molecule has 0 unspecified atom stereocenters. The Morgan fingerprint density at radius 3 is 2.44 bits per heavy atom. The van der Waals surface area contributed by atoms with E-state index in [1.165, 1.54) is 12.1 Å². The van der Waals surface area contributed by atoms with Crippen LogP contribution >= 0.6 is 0 Å². The Labute approximate surface area is 91.9 Å². The summed E-state index contributed by atoms with van der Waals surface area (Å²) < 4.78 is 38.1. The molecule has 0 spiro atoms. The molecule has 16 heavy (non-hydrogen) atoms. The molecular weight excluding hydrogens is 217 g/mol. The largest absolute Gasteiger partial charge is 0.416 e. The Morgan fingerprint density at radius 1 is 1.31 bits per heavy atom. The Kier molecular flexibility index (Phi) is 2.70. The maximum Gasteiger partial charge on any atom is 0.416 e. The molecule has 1 N–H and O–H groups in total. The van der Waals surface area contributed by atoms with Gasteiger partial charge in [-0.2, -0.15) is 13.2 Å². The number of aliphatic hydroxyl groups is 1. The molecule has 3 atom stereocenters. The molecule has 1 nitrogen and oxygen atoms in total. The van der Waals surface area contributed by atoms with Crippen LogP contribution in [0.1, 0.15) is 30.4 Å². The highest BCUT2D eigenvalue weighted by molar-refractivity contribution is 5.36. The third-order valence-electron chi connectivity index (χ3n) is 3.13. The molecule has 0 bridgehead atoms. The molecule has 1 aromatic rings. The number of hydrogen-bond acceptors (Lipinski definition) is 1. The van der Waals surface area contributed by atoms with Gasteiger partial charge >= 0.3 is 6.18 Å². The zero-order valence-electron chi connectivity index (χ0n) is 8.83. The lowest BCUT2D eigenvalue weighted by atomic mass is 10.0. The predicted molar refractivity (Wildman–Crippen MR) is 54.0 cm³/mol. The summed E-state index contributed by atoms with van der Waals surface area (Å²) >= 11 is 0. The lowest BCUT2D eigenvalue weighted by Gasteiger charge is -2.12. The lowest BCUT2D eigenvalue weighted by Crippen LogP contribution is -2.10. The number of rotatable bonds is 2. The van der Waals surface area contributed by atoms with E-state index in [2.05, 4.69) is 0 Å². The fourth-order valence-corrected chi connectivity index (χ4v) is 2.18. The van der Waals surface area contributed by atoms with E-state index in [0.717, 1.165) is 6.07 Å². The maximum atomic E-state index is 12.7. The molecular formula is C12H13F3O. The minimum Gasteiger partial charge on any atom is -0.393 e. The van der Waals surface area contributed by atoms with Gasteiger partial charge in [-0.25, -0.2) is 0 Å². The van der Waals surface area contributed by atoms with Crippen molar-refractivity contribution in [1.82, 2.24) is 0 Å². The van der Waals surface area contributed by atoms with Gasteiger partial charge < -0.3 is 5.11 Å². The van der Waals surface area contributed by atoms with E-state index >= 15 is 0 Å². The van der Waals surface area contributed by atoms with E-state index in [4.69, 9.17) is 0 Å². The molecule has 1 aromatic carbocycles. The van der Waals surface area contributed by atoms with E-state index in [0.29, 0.717) is 12.0 Å². The lowest BCUT2D eigenvalue weighted by molar-refractivity contribution is -0.138. The van der Waals surface area contributed by atoms with Crippen molar-refractivity contribution in [2.24, 2.45) is 5.92 Å². The SMILES string of the molecule is C[C@H](O)[C@@H]1C[C@H]1c1ccccc1C(F)(F)F. The molecule has 1 aliphatic rings. The van der Waals surface area contributed by atoms with E-state index in [1.54, 1.807) is 13.0 Å². The summed E-state index contributed by atoms with van der Waals surface area (Å²) in [5, 5.41) is 9.34. The van der Waals surface area contributed by atoms with Gasteiger partial charge in [-0.15, -0.1) is 0 Å². The smallest absolute Gasteiger partial charge is 0.393 e. The van der Waals surface area contributed by atoms with Crippen LogP contribution in [0.2, 0.25) is 0 Å². The second-order valence-corrected chi connectivity index (χ2v) is 4.33. The molecule has 0 heterocycles. The number of benzene rings is 1. The van der Waals surface area contributed by atoms with Crippen LogP contribution < -0.4 is 0 Å². The van der Waals surface area contributed by atoms with Gasteiger partial charge in [-0.05, 0) is 36.8 Å². The molecule has 4 heteroatoms. The second kappa shape index (κ2) is 3.77. The van der Waals surface area contributed by atoms with Crippen molar-refractivity contribution in [2.45, 2.75) is 31.5 Å². The predicted octanol–water partition coefficient (Wildman–Crippen LogP) is 3.19. The minimum absolute atomic E-state index is 0.0245. The Balaban J connectivity index is 2.29.